The van der Waals surface area contributed by atoms with Gasteiger partial charge in [-0.15, -0.1) is 0 Å². The van der Waals surface area contributed by atoms with Gasteiger partial charge in [0.15, 0.2) is 0 Å². The van der Waals surface area contributed by atoms with Crippen molar-refractivity contribution in [3.63, 3.8) is 0 Å². The number of Topliss-reactive ketones (excluding diaryl/α,β-unsaturated/α-hetero) is 1. The average molecular weight is 269 g/mol. The number of hydrogen-bond acceptors (Lipinski definition) is 2. The average Bonchev–Trinajstić information content (AvgIpc) is 2.27. The molecule has 0 saturated heterocycles. The number of unbranched alkanes of at least 4 members (excludes halogenated alkanes) is 2. The minimum atomic E-state index is -0.322. The molecule has 0 aromatic heterocycles. The summed E-state index contributed by atoms with van der Waals surface area (Å²) < 4.78 is 5.39. The molecule has 1 radical (unpaired) electrons. The molecule has 0 aliphatic carbocycles. The fourth-order valence-corrected chi connectivity index (χ4v) is 3.03. The highest BCUT2D eigenvalue weighted by Crippen LogP contribution is 2.36. The van der Waals surface area contributed by atoms with Crippen LogP contribution in [0, 0.1) is 24.2 Å². The third kappa shape index (κ3) is 7.10. The van der Waals surface area contributed by atoms with Gasteiger partial charge in [-0.05, 0) is 31.1 Å². The third-order valence-corrected chi connectivity index (χ3v) is 3.56. The van der Waals surface area contributed by atoms with Gasteiger partial charge in [0.05, 0.1) is 12.0 Å². The van der Waals surface area contributed by atoms with Crippen LogP contribution < -0.4 is 0 Å². The summed E-state index contributed by atoms with van der Waals surface area (Å²) in [6, 6.07) is 0. The molecule has 0 aliphatic heterocycles. The Kier molecular flexibility index (Phi) is 9.34. The van der Waals surface area contributed by atoms with Crippen molar-refractivity contribution in [1.82, 2.24) is 0 Å². The molecule has 0 aromatic rings. The molecule has 0 spiro atoms. The maximum atomic E-state index is 12.7. The van der Waals surface area contributed by atoms with Crippen molar-refractivity contribution < 1.29 is 9.53 Å². The molecule has 0 amide bonds. The highest BCUT2D eigenvalue weighted by atomic mass is 16.5. The number of methoxy groups -OCH3 is 1. The van der Waals surface area contributed by atoms with Gasteiger partial charge >= 0.3 is 0 Å². The fourth-order valence-electron chi connectivity index (χ4n) is 3.03. The van der Waals surface area contributed by atoms with Crippen LogP contribution in [0.5, 0.6) is 0 Å². The normalized spacial score (nSPS) is 12.4. The van der Waals surface area contributed by atoms with Crippen LogP contribution in [0.15, 0.2) is 0 Å². The Hall–Kier alpha value is -0.370. The van der Waals surface area contributed by atoms with Crippen LogP contribution >= 0.6 is 0 Å². The highest BCUT2D eigenvalue weighted by molar-refractivity contribution is 5.85. The summed E-state index contributed by atoms with van der Waals surface area (Å²) in [5, 5.41) is 0. The SMILES string of the molecule is [CH2]C(C)CC(COC)(CC(C)C)C(=O)CCCCC. The molecule has 0 rings (SSSR count). The van der Waals surface area contributed by atoms with Gasteiger partial charge in [0.25, 0.3) is 0 Å². The molecule has 0 N–H and O–H groups in total. The lowest BCUT2D eigenvalue weighted by Crippen LogP contribution is -2.38. The lowest BCUT2D eigenvalue weighted by atomic mass is 9.70. The molecular formula is C17H33O2. The van der Waals surface area contributed by atoms with Gasteiger partial charge in [0, 0.05) is 13.5 Å². The second-order valence-electron chi connectivity index (χ2n) is 6.50. The van der Waals surface area contributed by atoms with Crippen molar-refractivity contribution in [2.75, 3.05) is 13.7 Å². The largest absolute Gasteiger partial charge is 0.384 e. The maximum Gasteiger partial charge on any atom is 0.141 e. The minimum Gasteiger partial charge on any atom is -0.384 e. The molecule has 2 nitrogen and oxygen atoms in total. The molecule has 2 atom stereocenters. The molecule has 2 unspecified atom stereocenters. The smallest absolute Gasteiger partial charge is 0.141 e. The van der Waals surface area contributed by atoms with E-state index < -0.39 is 0 Å². The lowest BCUT2D eigenvalue weighted by molar-refractivity contribution is -0.134. The molecule has 0 bridgehead atoms. The Morgan fingerprint density at radius 1 is 1.21 bits per heavy atom. The van der Waals surface area contributed by atoms with Gasteiger partial charge in [-0.3, -0.25) is 4.79 Å². The van der Waals surface area contributed by atoms with E-state index in [0.717, 1.165) is 32.1 Å². The third-order valence-electron chi connectivity index (χ3n) is 3.56. The fraction of sp³-hybridized carbons (Fsp3) is 0.882. The first-order valence-electron chi connectivity index (χ1n) is 7.73. The second-order valence-corrected chi connectivity index (χ2v) is 6.50. The first-order valence-corrected chi connectivity index (χ1v) is 7.73. The number of carbonyl (C=O) groups is 1. The van der Waals surface area contributed by atoms with E-state index in [1.165, 1.54) is 0 Å². The zero-order valence-electron chi connectivity index (χ0n) is 13.6. The van der Waals surface area contributed by atoms with E-state index in [1.54, 1.807) is 7.11 Å². The van der Waals surface area contributed by atoms with Crippen molar-refractivity contribution in [1.29, 1.82) is 0 Å². The van der Waals surface area contributed by atoms with Crippen molar-refractivity contribution >= 4 is 5.78 Å². The second kappa shape index (κ2) is 9.52. The number of hydrogen-bond donors (Lipinski definition) is 0. The van der Waals surface area contributed by atoms with Crippen LogP contribution in [0.25, 0.3) is 0 Å². The number of carbonyl (C=O) groups excluding carboxylic acids is 1. The quantitative estimate of drug-likeness (QED) is 0.509. The first-order chi connectivity index (χ1) is 8.88. The van der Waals surface area contributed by atoms with Gasteiger partial charge in [-0.1, -0.05) is 47.5 Å². The van der Waals surface area contributed by atoms with Gasteiger partial charge < -0.3 is 4.74 Å². The van der Waals surface area contributed by atoms with Crippen LogP contribution in [0.3, 0.4) is 0 Å². The maximum absolute atomic E-state index is 12.7. The summed E-state index contributed by atoms with van der Waals surface area (Å²) in [7, 11) is 1.70. The van der Waals surface area contributed by atoms with E-state index in [-0.39, 0.29) is 11.3 Å². The van der Waals surface area contributed by atoms with E-state index in [2.05, 4.69) is 34.6 Å². The summed E-state index contributed by atoms with van der Waals surface area (Å²) >= 11 is 0. The Morgan fingerprint density at radius 2 is 1.84 bits per heavy atom. The topological polar surface area (TPSA) is 26.3 Å². The van der Waals surface area contributed by atoms with Crippen LogP contribution in [-0.4, -0.2) is 19.5 Å². The number of rotatable bonds is 11. The predicted molar refractivity (Wildman–Crippen MR) is 82.1 cm³/mol. The zero-order chi connectivity index (χ0) is 14.9. The summed E-state index contributed by atoms with van der Waals surface area (Å²) in [6.07, 6.45) is 5.73. The van der Waals surface area contributed by atoms with Gasteiger partial charge in [-0.25, -0.2) is 0 Å². The first kappa shape index (κ1) is 18.6. The molecule has 113 valence electrons. The van der Waals surface area contributed by atoms with E-state index in [9.17, 15) is 4.79 Å². The van der Waals surface area contributed by atoms with Gasteiger partial charge in [0.1, 0.15) is 5.78 Å². The molecule has 2 heteroatoms. The van der Waals surface area contributed by atoms with Crippen molar-refractivity contribution in [3.05, 3.63) is 6.92 Å². The molecule has 0 saturated carbocycles. The van der Waals surface area contributed by atoms with Crippen LogP contribution in [-0.2, 0) is 9.53 Å². The van der Waals surface area contributed by atoms with Crippen LogP contribution in [0.4, 0.5) is 0 Å². The van der Waals surface area contributed by atoms with Crippen molar-refractivity contribution in [2.45, 2.75) is 66.2 Å². The van der Waals surface area contributed by atoms with E-state index >= 15 is 0 Å². The Morgan fingerprint density at radius 3 is 2.26 bits per heavy atom. The zero-order valence-corrected chi connectivity index (χ0v) is 13.6. The standard InChI is InChI=1S/C17H33O2/c1-7-8-9-10-16(18)17(13-19-6,11-14(2)3)12-15(4)5/h14-15H,2,7-13H2,1,3-6H3. The Balaban J connectivity index is 4.89. The van der Waals surface area contributed by atoms with E-state index in [4.69, 9.17) is 4.74 Å². The van der Waals surface area contributed by atoms with E-state index in [1.807, 2.05) is 0 Å². The number of ether oxygens (including phenoxy) is 1. The number of ketones is 1. The van der Waals surface area contributed by atoms with E-state index in [0.29, 0.717) is 24.7 Å². The molecule has 0 fully saturated rings. The molecular weight excluding hydrogens is 236 g/mol. The monoisotopic (exact) mass is 269 g/mol. The lowest BCUT2D eigenvalue weighted by Gasteiger charge is -2.35. The van der Waals surface area contributed by atoms with Crippen molar-refractivity contribution in [3.8, 4) is 0 Å². The Labute approximate surface area is 120 Å². The summed E-state index contributed by atoms with van der Waals surface area (Å²) in [5.41, 5.74) is -0.322. The molecule has 0 aromatic carbocycles. The molecule has 0 aliphatic rings. The van der Waals surface area contributed by atoms with Crippen LogP contribution in [0.1, 0.15) is 66.2 Å². The Bertz CT molecular complexity index is 234. The summed E-state index contributed by atoms with van der Waals surface area (Å²) in [5.74, 6) is 1.17. The molecule has 0 heterocycles. The minimum absolute atomic E-state index is 0.282. The molecule has 19 heavy (non-hydrogen) atoms. The van der Waals surface area contributed by atoms with Gasteiger partial charge in [0.2, 0.25) is 0 Å². The predicted octanol–water partition coefficient (Wildman–Crippen LogP) is 4.67. The highest BCUT2D eigenvalue weighted by Gasteiger charge is 2.38. The summed E-state index contributed by atoms with van der Waals surface area (Å²) in [6.45, 7) is 13.2. The summed E-state index contributed by atoms with van der Waals surface area (Å²) in [4.78, 5) is 12.7. The van der Waals surface area contributed by atoms with Crippen molar-refractivity contribution in [2.24, 2.45) is 17.3 Å². The van der Waals surface area contributed by atoms with Gasteiger partial charge in [-0.2, -0.15) is 0 Å². The van der Waals surface area contributed by atoms with Crippen LogP contribution in [0.2, 0.25) is 0 Å².